The second-order valence-electron chi connectivity index (χ2n) is 9.80. The number of benzene rings is 2. The smallest absolute Gasteiger partial charge is 0.220 e. The van der Waals surface area contributed by atoms with Crippen molar-refractivity contribution in [3.8, 4) is 11.3 Å². The molecule has 2 aliphatic rings. The molecule has 0 saturated heterocycles. The van der Waals surface area contributed by atoms with Gasteiger partial charge in [0.05, 0.1) is 11.4 Å². The first kappa shape index (κ1) is 21.2. The molecule has 33 heavy (non-hydrogen) atoms. The fourth-order valence-corrected chi connectivity index (χ4v) is 4.28. The average Bonchev–Trinajstić information content (AvgIpc) is 3.18. The summed E-state index contributed by atoms with van der Waals surface area (Å²) in [4.78, 5) is 14.2. The monoisotopic (exact) mass is 438 g/mol. The SMILES string of the molecule is Cc1ccc2c(c1)N1C=NN(C)C1N=C2N(C)c1cccc(-c2ccc(C(C)(C)C)cc2)n1. The molecular weight excluding hydrogens is 408 g/mol. The second-order valence-corrected chi connectivity index (χ2v) is 9.80. The Hall–Kier alpha value is -3.67. The third-order valence-corrected chi connectivity index (χ3v) is 6.29. The van der Waals surface area contributed by atoms with Gasteiger partial charge in [-0.2, -0.15) is 5.10 Å². The molecule has 5 rings (SSSR count). The topological polar surface area (TPSA) is 47.3 Å². The predicted octanol–water partition coefficient (Wildman–Crippen LogP) is 5.23. The molecule has 168 valence electrons. The Morgan fingerprint density at radius 2 is 1.73 bits per heavy atom. The van der Waals surface area contributed by atoms with Gasteiger partial charge in [0.1, 0.15) is 18.0 Å². The fraction of sp³-hybridized carbons (Fsp3) is 0.296. The lowest BCUT2D eigenvalue weighted by atomic mass is 9.86. The number of aromatic nitrogens is 1. The number of anilines is 2. The van der Waals surface area contributed by atoms with Crippen molar-refractivity contribution in [1.29, 1.82) is 0 Å². The van der Waals surface area contributed by atoms with Gasteiger partial charge in [0, 0.05) is 25.2 Å². The minimum atomic E-state index is -0.190. The van der Waals surface area contributed by atoms with E-state index in [1.54, 1.807) is 0 Å². The van der Waals surface area contributed by atoms with E-state index in [1.807, 2.05) is 31.5 Å². The van der Waals surface area contributed by atoms with E-state index in [1.165, 1.54) is 11.1 Å². The van der Waals surface area contributed by atoms with Gasteiger partial charge in [0.2, 0.25) is 6.29 Å². The molecule has 2 aromatic carbocycles. The zero-order valence-electron chi connectivity index (χ0n) is 20.1. The Bertz CT molecular complexity index is 1250. The lowest BCUT2D eigenvalue weighted by molar-refractivity contribution is 0.292. The van der Waals surface area contributed by atoms with Crippen LogP contribution in [0.5, 0.6) is 0 Å². The zero-order valence-corrected chi connectivity index (χ0v) is 20.1. The maximum atomic E-state index is 5.04. The molecule has 0 fully saturated rings. The van der Waals surface area contributed by atoms with Crippen molar-refractivity contribution in [2.75, 3.05) is 23.9 Å². The first-order chi connectivity index (χ1) is 15.7. The molecule has 1 unspecified atom stereocenters. The summed E-state index contributed by atoms with van der Waals surface area (Å²) in [7, 11) is 3.98. The molecule has 6 nitrogen and oxygen atoms in total. The van der Waals surface area contributed by atoms with Crippen LogP contribution >= 0.6 is 0 Å². The van der Waals surface area contributed by atoms with E-state index in [0.717, 1.165) is 34.2 Å². The van der Waals surface area contributed by atoms with E-state index in [-0.39, 0.29) is 11.7 Å². The van der Waals surface area contributed by atoms with Gasteiger partial charge < -0.3 is 4.90 Å². The molecule has 0 radical (unpaired) electrons. The Kier molecular flexibility index (Phi) is 4.96. The van der Waals surface area contributed by atoms with Crippen LogP contribution in [0.1, 0.15) is 37.5 Å². The van der Waals surface area contributed by atoms with Crippen LogP contribution in [0.2, 0.25) is 0 Å². The summed E-state index contributed by atoms with van der Waals surface area (Å²) >= 11 is 0. The third-order valence-electron chi connectivity index (χ3n) is 6.29. The average molecular weight is 439 g/mol. The second kappa shape index (κ2) is 7.73. The molecule has 0 bridgehead atoms. The van der Waals surface area contributed by atoms with Gasteiger partial charge in [-0.15, -0.1) is 0 Å². The highest BCUT2D eigenvalue weighted by Gasteiger charge is 2.34. The Balaban J connectivity index is 1.51. The van der Waals surface area contributed by atoms with Gasteiger partial charge in [-0.05, 0) is 47.7 Å². The number of nitrogens with zero attached hydrogens (tertiary/aromatic N) is 6. The van der Waals surface area contributed by atoms with E-state index in [0.29, 0.717) is 0 Å². The van der Waals surface area contributed by atoms with Crippen molar-refractivity contribution >= 4 is 23.7 Å². The van der Waals surface area contributed by atoms with Crippen molar-refractivity contribution in [2.24, 2.45) is 10.1 Å². The van der Waals surface area contributed by atoms with Crippen LogP contribution < -0.4 is 9.80 Å². The number of aryl methyl sites for hydroxylation is 1. The van der Waals surface area contributed by atoms with Crippen LogP contribution in [0.25, 0.3) is 11.3 Å². The lowest BCUT2D eigenvalue weighted by Gasteiger charge is -2.34. The number of amidine groups is 1. The normalized spacial score (nSPS) is 17.0. The van der Waals surface area contributed by atoms with Crippen LogP contribution in [-0.4, -0.2) is 42.6 Å². The highest BCUT2D eigenvalue weighted by Crippen LogP contribution is 2.34. The van der Waals surface area contributed by atoms with E-state index < -0.39 is 0 Å². The van der Waals surface area contributed by atoms with Crippen molar-refractivity contribution in [1.82, 2.24) is 9.99 Å². The third kappa shape index (κ3) is 3.75. The summed E-state index contributed by atoms with van der Waals surface area (Å²) in [5, 5.41) is 6.32. The van der Waals surface area contributed by atoms with E-state index in [9.17, 15) is 0 Å². The van der Waals surface area contributed by atoms with Crippen molar-refractivity contribution in [2.45, 2.75) is 39.4 Å². The molecule has 3 heterocycles. The van der Waals surface area contributed by atoms with Crippen LogP contribution in [-0.2, 0) is 5.41 Å². The molecule has 0 saturated carbocycles. The minimum Gasteiger partial charge on any atom is -0.314 e. The number of hydrogen-bond donors (Lipinski definition) is 0. The molecule has 0 spiro atoms. The van der Waals surface area contributed by atoms with Crippen LogP contribution in [0.15, 0.2) is 70.8 Å². The van der Waals surface area contributed by atoms with E-state index in [2.05, 4.69) is 97.2 Å². The number of aliphatic imine (C=N–C) groups is 1. The molecule has 2 aliphatic heterocycles. The van der Waals surface area contributed by atoms with E-state index in [4.69, 9.17) is 9.98 Å². The maximum Gasteiger partial charge on any atom is 0.220 e. The first-order valence-corrected chi connectivity index (χ1v) is 11.3. The number of hydrogen-bond acceptors (Lipinski definition) is 6. The summed E-state index contributed by atoms with van der Waals surface area (Å²) in [5.74, 6) is 1.74. The lowest BCUT2D eigenvalue weighted by Crippen LogP contribution is -2.44. The van der Waals surface area contributed by atoms with Gasteiger partial charge in [-0.25, -0.2) is 9.98 Å². The van der Waals surface area contributed by atoms with Crippen molar-refractivity contribution < 1.29 is 0 Å². The quantitative estimate of drug-likeness (QED) is 0.550. The number of rotatable bonds is 2. The Labute approximate surface area is 195 Å². The summed E-state index contributed by atoms with van der Waals surface area (Å²) in [6, 6.07) is 21.3. The van der Waals surface area contributed by atoms with Crippen LogP contribution in [0.3, 0.4) is 0 Å². The standard InChI is InChI=1S/C27H30N6/c1-18-10-15-21-23(16-18)33-17-28-32(6)26(33)30-25(21)31(5)24-9-7-8-22(29-24)19-11-13-20(14-12-19)27(2,3)4/h7-17,26H,1-6H3. The summed E-state index contributed by atoms with van der Waals surface area (Å²) in [5.41, 5.74) is 6.89. The van der Waals surface area contributed by atoms with Gasteiger partial charge in [0.15, 0.2) is 0 Å². The van der Waals surface area contributed by atoms with Crippen LogP contribution in [0, 0.1) is 6.92 Å². The Morgan fingerprint density at radius 3 is 2.45 bits per heavy atom. The van der Waals surface area contributed by atoms with Gasteiger partial charge in [-0.1, -0.05) is 57.2 Å². The molecular formula is C27H30N6. The van der Waals surface area contributed by atoms with Crippen molar-refractivity contribution in [3.63, 3.8) is 0 Å². The maximum absolute atomic E-state index is 5.04. The van der Waals surface area contributed by atoms with Gasteiger partial charge in [0.25, 0.3) is 0 Å². The first-order valence-electron chi connectivity index (χ1n) is 11.3. The molecule has 3 aromatic rings. The summed E-state index contributed by atoms with van der Waals surface area (Å²) < 4.78 is 0. The fourth-order valence-electron chi connectivity index (χ4n) is 4.28. The number of pyridine rings is 1. The zero-order chi connectivity index (χ0) is 23.3. The largest absolute Gasteiger partial charge is 0.314 e. The van der Waals surface area contributed by atoms with Crippen molar-refractivity contribution in [3.05, 3.63) is 77.4 Å². The number of fused-ring (bicyclic) bond motifs is 3. The minimum absolute atomic E-state index is 0.129. The molecule has 0 aliphatic carbocycles. The van der Waals surface area contributed by atoms with Crippen LogP contribution in [0.4, 0.5) is 11.5 Å². The molecule has 0 amide bonds. The number of hydrazone groups is 1. The molecule has 1 atom stereocenters. The molecule has 6 heteroatoms. The molecule has 0 N–H and O–H groups in total. The Morgan fingerprint density at radius 1 is 0.970 bits per heavy atom. The summed E-state index contributed by atoms with van der Waals surface area (Å²) in [6.45, 7) is 8.80. The summed E-state index contributed by atoms with van der Waals surface area (Å²) in [6.07, 6.45) is 1.66. The highest BCUT2D eigenvalue weighted by molar-refractivity contribution is 6.15. The van der Waals surface area contributed by atoms with E-state index >= 15 is 0 Å². The highest BCUT2D eigenvalue weighted by atomic mass is 15.6. The van der Waals surface area contributed by atoms with Gasteiger partial charge >= 0.3 is 0 Å². The van der Waals surface area contributed by atoms with Gasteiger partial charge in [-0.3, -0.25) is 9.91 Å². The predicted molar refractivity (Wildman–Crippen MR) is 137 cm³/mol. The molecule has 1 aromatic heterocycles.